The van der Waals surface area contributed by atoms with Crippen LogP contribution in [0.1, 0.15) is 16.7 Å². The van der Waals surface area contributed by atoms with Gasteiger partial charge in [0.1, 0.15) is 0 Å². The van der Waals surface area contributed by atoms with Gasteiger partial charge in [0.2, 0.25) is 5.16 Å². The number of thioether (sulfide) groups is 1. The second-order valence-electron chi connectivity index (χ2n) is 5.93. The number of rotatable bonds is 4. The van der Waals surface area contributed by atoms with Crippen molar-refractivity contribution >= 4 is 11.8 Å². The Hall–Kier alpha value is -2.18. The maximum Gasteiger partial charge on any atom is 0.214 e. The average molecular weight is 338 g/mol. The van der Waals surface area contributed by atoms with Gasteiger partial charge in [-0.05, 0) is 52.6 Å². The molecule has 0 saturated heterocycles. The lowest BCUT2D eigenvalue weighted by molar-refractivity contribution is 0.0441. The lowest BCUT2D eigenvalue weighted by Crippen LogP contribution is -2.24. The highest BCUT2D eigenvalue weighted by molar-refractivity contribution is 7.99. The molecule has 1 aromatic heterocycles. The third-order valence-corrected chi connectivity index (χ3v) is 5.18. The van der Waals surface area contributed by atoms with Crippen LogP contribution in [-0.2, 0) is 17.8 Å². The molecule has 0 aliphatic carbocycles. The molecule has 0 spiro atoms. The normalized spacial score (nSPS) is 16.8. The maximum absolute atomic E-state index is 5.97. The molecular weight excluding hydrogens is 320 g/mol. The quantitative estimate of drug-likeness (QED) is 0.684. The van der Waals surface area contributed by atoms with Crippen LogP contribution in [0, 0.1) is 6.92 Å². The number of ether oxygens (including phenoxy) is 1. The van der Waals surface area contributed by atoms with Gasteiger partial charge in [-0.3, -0.25) is 0 Å². The van der Waals surface area contributed by atoms with Crippen LogP contribution >= 0.6 is 11.8 Å². The van der Waals surface area contributed by atoms with Gasteiger partial charge in [0.05, 0.1) is 18.4 Å². The number of fused-ring (bicyclic) bond motifs is 1. The molecule has 2 heterocycles. The van der Waals surface area contributed by atoms with Crippen LogP contribution in [0.15, 0.2) is 53.7 Å². The topological polar surface area (TPSA) is 52.8 Å². The van der Waals surface area contributed by atoms with Gasteiger partial charge in [-0.25, -0.2) is 0 Å². The van der Waals surface area contributed by atoms with Crippen LogP contribution in [0.2, 0.25) is 0 Å². The zero-order valence-electron chi connectivity index (χ0n) is 13.4. The predicted octanol–water partition coefficient (Wildman–Crippen LogP) is 3.20. The first-order valence-electron chi connectivity index (χ1n) is 7.96. The molecule has 6 heteroatoms. The van der Waals surface area contributed by atoms with Crippen LogP contribution in [-0.4, -0.2) is 32.1 Å². The zero-order valence-corrected chi connectivity index (χ0v) is 14.2. The molecule has 5 nitrogen and oxygen atoms in total. The highest BCUT2D eigenvalue weighted by Crippen LogP contribution is 2.25. The van der Waals surface area contributed by atoms with Gasteiger partial charge in [0.25, 0.3) is 0 Å². The SMILES string of the molecule is Cc1cccc(-n2nnnc2SCC2Cc3ccccc3CO2)c1. The Morgan fingerprint density at radius 1 is 1.17 bits per heavy atom. The summed E-state index contributed by atoms with van der Waals surface area (Å²) in [4.78, 5) is 0. The van der Waals surface area contributed by atoms with E-state index >= 15 is 0 Å². The van der Waals surface area contributed by atoms with Gasteiger partial charge < -0.3 is 4.74 Å². The standard InChI is InChI=1S/C18H18N4OS/c1-13-5-4-8-16(9-13)22-18(19-20-21-22)24-12-17-10-14-6-2-3-7-15(14)11-23-17/h2-9,17H,10-12H2,1H3. The Balaban J connectivity index is 1.45. The first-order valence-corrected chi connectivity index (χ1v) is 8.95. The van der Waals surface area contributed by atoms with Crippen molar-refractivity contribution in [3.63, 3.8) is 0 Å². The van der Waals surface area contributed by atoms with Crippen molar-refractivity contribution < 1.29 is 4.74 Å². The average Bonchev–Trinajstić information content (AvgIpc) is 3.08. The summed E-state index contributed by atoms with van der Waals surface area (Å²) in [6.45, 7) is 2.75. The second-order valence-corrected chi connectivity index (χ2v) is 6.92. The molecule has 1 unspecified atom stereocenters. The molecule has 1 aliphatic heterocycles. The summed E-state index contributed by atoms with van der Waals surface area (Å²) < 4.78 is 7.75. The summed E-state index contributed by atoms with van der Waals surface area (Å²) in [7, 11) is 0. The first-order chi connectivity index (χ1) is 11.8. The van der Waals surface area contributed by atoms with E-state index in [4.69, 9.17) is 4.74 Å². The smallest absolute Gasteiger partial charge is 0.214 e. The fourth-order valence-corrected chi connectivity index (χ4v) is 3.78. The highest BCUT2D eigenvalue weighted by Gasteiger charge is 2.20. The minimum Gasteiger partial charge on any atom is -0.372 e. The largest absolute Gasteiger partial charge is 0.372 e. The third kappa shape index (κ3) is 3.20. The van der Waals surface area contributed by atoms with Crippen LogP contribution in [0.4, 0.5) is 0 Å². The lowest BCUT2D eigenvalue weighted by Gasteiger charge is -2.24. The van der Waals surface area contributed by atoms with Crippen molar-refractivity contribution in [3.8, 4) is 5.69 Å². The fourth-order valence-electron chi connectivity index (χ4n) is 2.87. The van der Waals surface area contributed by atoms with Crippen molar-refractivity contribution in [3.05, 3.63) is 65.2 Å². The van der Waals surface area contributed by atoms with E-state index in [0.717, 1.165) is 23.0 Å². The molecule has 3 aromatic rings. The van der Waals surface area contributed by atoms with E-state index < -0.39 is 0 Å². The first kappa shape index (κ1) is 15.4. The molecular formula is C18H18N4OS. The van der Waals surface area contributed by atoms with Crippen molar-refractivity contribution in [1.82, 2.24) is 20.2 Å². The highest BCUT2D eigenvalue weighted by atomic mass is 32.2. The summed E-state index contributed by atoms with van der Waals surface area (Å²) in [5.74, 6) is 0.834. The van der Waals surface area contributed by atoms with E-state index in [-0.39, 0.29) is 6.10 Å². The van der Waals surface area contributed by atoms with Crippen LogP contribution < -0.4 is 0 Å². The molecule has 0 fully saturated rings. The van der Waals surface area contributed by atoms with Crippen LogP contribution in [0.3, 0.4) is 0 Å². The molecule has 0 bridgehead atoms. The van der Waals surface area contributed by atoms with Crippen LogP contribution in [0.5, 0.6) is 0 Å². The molecule has 0 N–H and O–H groups in total. The minimum atomic E-state index is 0.188. The summed E-state index contributed by atoms with van der Waals surface area (Å²) in [6, 6.07) is 16.6. The van der Waals surface area contributed by atoms with E-state index in [1.165, 1.54) is 16.7 Å². The summed E-state index contributed by atoms with van der Waals surface area (Å²) >= 11 is 1.64. The molecule has 1 aliphatic rings. The second kappa shape index (κ2) is 6.75. The minimum absolute atomic E-state index is 0.188. The Bertz CT molecular complexity index is 848. The van der Waals surface area contributed by atoms with Gasteiger partial charge in [0, 0.05) is 5.75 Å². The number of aryl methyl sites for hydroxylation is 1. The summed E-state index contributed by atoms with van der Waals surface area (Å²) in [5.41, 5.74) is 4.85. The number of hydrogen-bond donors (Lipinski definition) is 0. The number of benzene rings is 2. The van der Waals surface area contributed by atoms with E-state index in [9.17, 15) is 0 Å². The van der Waals surface area contributed by atoms with Crippen molar-refractivity contribution in [2.24, 2.45) is 0 Å². The van der Waals surface area contributed by atoms with Gasteiger partial charge in [-0.1, -0.05) is 48.2 Å². The Morgan fingerprint density at radius 3 is 2.92 bits per heavy atom. The van der Waals surface area contributed by atoms with Gasteiger partial charge >= 0.3 is 0 Å². The number of nitrogens with zero attached hydrogens (tertiary/aromatic N) is 4. The van der Waals surface area contributed by atoms with E-state index in [2.05, 4.69) is 58.8 Å². The maximum atomic E-state index is 5.97. The Kier molecular flexibility index (Phi) is 4.32. The Labute approximate surface area is 145 Å². The summed E-state index contributed by atoms with van der Waals surface area (Å²) in [6.07, 6.45) is 1.13. The molecule has 0 amide bonds. The molecule has 2 aromatic carbocycles. The molecule has 24 heavy (non-hydrogen) atoms. The number of aromatic nitrogens is 4. The van der Waals surface area contributed by atoms with E-state index in [1.54, 1.807) is 16.4 Å². The number of hydrogen-bond acceptors (Lipinski definition) is 5. The molecule has 122 valence electrons. The molecule has 0 saturated carbocycles. The van der Waals surface area contributed by atoms with Gasteiger partial charge in [-0.15, -0.1) is 5.10 Å². The summed E-state index contributed by atoms with van der Waals surface area (Å²) in [5, 5.41) is 12.9. The van der Waals surface area contributed by atoms with Gasteiger partial charge in [0.15, 0.2) is 0 Å². The van der Waals surface area contributed by atoms with E-state index in [0.29, 0.717) is 6.61 Å². The van der Waals surface area contributed by atoms with Crippen LogP contribution in [0.25, 0.3) is 5.69 Å². The van der Waals surface area contributed by atoms with E-state index in [1.807, 2.05) is 12.1 Å². The van der Waals surface area contributed by atoms with Crippen molar-refractivity contribution in [2.45, 2.75) is 31.2 Å². The molecule has 4 rings (SSSR count). The number of tetrazole rings is 1. The lowest BCUT2D eigenvalue weighted by atomic mass is 10.0. The fraction of sp³-hybridized carbons (Fsp3) is 0.278. The van der Waals surface area contributed by atoms with Crippen molar-refractivity contribution in [2.75, 3.05) is 5.75 Å². The monoisotopic (exact) mass is 338 g/mol. The van der Waals surface area contributed by atoms with Crippen molar-refractivity contribution in [1.29, 1.82) is 0 Å². The Morgan fingerprint density at radius 2 is 2.04 bits per heavy atom. The predicted molar refractivity (Wildman–Crippen MR) is 93.3 cm³/mol. The third-order valence-electron chi connectivity index (χ3n) is 4.13. The zero-order chi connectivity index (χ0) is 16.4. The molecule has 0 radical (unpaired) electrons. The van der Waals surface area contributed by atoms with Gasteiger partial charge in [-0.2, -0.15) is 4.68 Å². The molecule has 1 atom stereocenters.